The molecule has 0 fully saturated rings. The first-order valence-corrected chi connectivity index (χ1v) is 8.57. The van der Waals surface area contributed by atoms with Crippen molar-refractivity contribution in [3.8, 4) is 0 Å². The van der Waals surface area contributed by atoms with Crippen LogP contribution in [0.4, 0.5) is 0 Å². The fraction of sp³-hybridized carbons (Fsp3) is 0.200. The van der Waals surface area contributed by atoms with Gasteiger partial charge in [0.05, 0.1) is 11.5 Å². The molecule has 0 aliphatic carbocycles. The molecule has 0 radical (unpaired) electrons. The Kier molecular flexibility index (Phi) is 5.16. The van der Waals surface area contributed by atoms with Gasteiger partial charge in [-0.3, -0.25) is 0 Å². The molecule has 0 amide bonds. The van der Waals surface area contributed by atoms with E-state index >= 15 is 0 Å². The molecule has 0 unspecified atom stereocenters. The molecule has 0 heterocycles. The molecule has 2 aromatic rings. The Hall–Kier alpha value is -1.21. The predicted octanol–water partition coefficient (Wildman–Crippen LogP) is 2.76. The number of rotatable bonds is 5. The van der Waals surface area contributed by atoms with Crippen molar-refractivity contribution in [2.75, 3.05) is 7.05 Å². The van der Waals surface area contributed by atoms with E-state index in [9.17, 15) is 8.42 Å². The third kappa shape index (κ3) is 3.91. The van der Waals surface area contributed by atoms with Crippen LogP contribution in [0, 0.1) is 0 Å². The summed E-state index contributed by atoms with van der Waals surface area (Å²) < 4.78 is 27.3. The maximum absolute atomic E-state index is 12.5. The van der Waals surface area contributed by atoms with Crippen LogP contribution in [0.3, 0.4) is 0 Å². The molecule has 112 valence electrons. The average molecular weight is 370 g/mol. The molecule has 0 atom stereocenters. The van der Waals surface area contributed by atoms with Gasteiger partial charge in [-0.05, 0) is 35.4 Å². The van der Waals surface area contributed by atoms with E-state index in [2.05, 4.69) is 15.9 Å². The Bertz CT molecular complexity index is 714. The van der Waals surface area contributed by atoms with E-state index in [0.29, 0.717) is 12.1 Å². The molecular weight excluding hydrogens is 354 g/mol. The zero-order chi connectivity index (χ0) is 15.5. The maximum atomic E-state index is 12.5. The lowest BCUT2D eigenvalue weighted by Gasteiger charge is -2.17. The van der Waals surface area contributed by atoms with Crippen LogP contribution in [-0.4, -0.2) is 24.9 Å². The Labute approximate surface area is 133 Å². The molecule has 6 heteroatoms. The first-order chi connectivity index (χ1) is 9.93. The van der Waals surface area contributed by atoms with Gasteiger partial charge in [-0.15, -0.1) is 0 Å². The third-order valence-electron chi connectivity index (χ3n) is 3.11. The van der Waals surface area contributed by atoms with Crippen molar-refractivity contribution < 1.29 is 13.5 Å². The second-order valence-electron chi connectivity index (χ2n) is 4.69. The van der Waals surface area contributed by atoms with Crippen LogP contribution in [-0.2, 0) is 23.2 Å². The van der Waals surface area contributed by atoms with Gasteiger partial charge in [0.25, 0.3) is 0 Å². The second-order valence-corrected chi connectivity index (χ2v) is 7.65. The van der Waals surface area contributed by atoms with Crippen molar-refractivity contribution in [1.29, 1.82) is 0 Å². The minimum absolute atomic E-state index is 0.181. The van der Waals surface area contributed by atoms with Crippen LogP contribution < -0.4 is 0 Å². The minimum Gasteiger partial charge on any atom is -0.392 e. The Morgan fingerprint density at radius 2 is 1.76 bits per heavy atom. The van der Waals surface area contributed by atoms with E-state index in [4.69, 9.17) is 5.11 Å². The molecular formula is C15H16BrNO3S. The van der Waals surface area contributed by atoms with Crippen molar-refractivity contribution in [2.45, 2.75) is 18.0 Å². The minimum atomic E-state index is -3.57. The topological polar surface area (TPSA) is 57.6 Å². The van der Waals surface area contributed by atoms with E-state index in [1.165, 1.54) is 16.4 Å². The van der Waals surface area contributed by atoms with Gasteiger partial charge < -0.3 is 5.11 Å². The fourth-order valence-corrected chi connectivity index (χ4v) is 3.41. The van der Waals surface area contributed by atoms with Crippen molar-refractivity contribution in [3.05, 3.63) is 64.1 Å². The summed E-state index contributed by atoms with van der Waals surface area (Å²) in [5.41, 5.74) is 1.48. The van der Waals surface area contributed by atoms with E-state index in [1.54, 1.807) is 19.2 Å². The number of sulfonamides is 1. The van der Waals surface area contributed by atoms with Gasteiger partial charge in [0, 0.05) is 18.1 Å². The molecule has 0 aliphatic rings. The third-order valence-corrected chi connectivity index (χ3v) is 5.44. The van der Waals surface area contributed by atoms with Gasteiger partial charge in [-0.2, -0.15) is 4.31 Å². The smallest absolute Gasteiger partial charge is 0.243 e. The highest BCUT2D eigenvalue weighted by Crippen LogP contribution is 2.19. The number of hydrogen-bond acceptors (Lipinski definition) is 3. The Morgan fingerprint density at radius 3 is 2.38 bits per heavy atom. The summed E-state index contributed by atoms with van der Waals surface area (Å²) in [5, 5.41) is 9.11. The number of halogens is 1. The van der Waals surface area contributed by atoms with Crippen molar-refractivity contribution in [2.24, 2.45) is 0 Å². The zero-order valence-corrected chi connectivity index (χ0v) is 13.9. The number of hydrogen-bond donors (Lipinski definition) is 1. The van der Waals surface area contributed by atoms with Gasteiger partial charge in [0.2, 0.25) is 10.0 Å². The molecule has 0 spiro atoms. The summed E-state index contributed by atoms with van der Waals surface area (Å²) in [6.45, 7) is 0.110. The molecule has 0 saturated carbocycles. The predicted molar refractivity (Wildman–Crippen MR) is 85.2 cm³/mol. The van der Waals surface area contributed by atoms with Crippen molar-refractivity contribution in [1.82, 2.24) is 4.31 Å². The maximum Gasteiger partial charge on any atom is 0.243 e. The summed E-state index contributed by atoms with van der Waals surface area (Å²) in [6, 6.07) is 13.9. The number of benzene rings is 2. The molecule has 0 saturated heterocycles. The Balaban J connectivity index is 2.23. The molecule has 21 heavy (non-hydrogen) atoms. The standard InChI is InChI=1S/C15H16BrNO3S/c1-17(10-12-5-7-14(16)8-6-12)21(19,20)15-4-2-3-13(9-15)11-18/h2-9,18H,10-11H2,1H3. The monoisotopic (exact) mass is 369 g/mol. The largest absolute Gasteiger partial charge is 0.392 e. The molecule has 0 bridgehead atoms. The highest BCUT2D eigenvalue weighted by molar-refractivity contribution is 9.10. The number of aliphatic hydroxyl groups excluding tert-OH is 1. The molecule has 4 nitrogen and oxygen atoms in total. The van der Waals surface area contributed by atoms with Crippen LogP contribution in [0.15, 0.2) is 57.9 Å². The van der Waals surface area contributed by atoms with E-state index in [-0.39, 0.29) is 11.5 Å². The lowest BCUT2D eigenvalue weighted by molar-refractivity contribution is 0.281. The van der Waals surface area contributed by atoms with Gasteiger partial charge in [0.1, 0.15) is 0 Å². The van der Waals surface area contributed by atoms with Crippen LogP contribution in [0.25, 0.3) is 0 Å². The highest BCUT2D eigenvalue weighted by atomic mass is 79.9. The van der Waals surface area contributed by atoms with Gasteiger partial charge in [0.15, 0.2) is 0 Å². The number of nitrogens with zero attached hydrogens (tertiary/aromatic N) is 1. The van der Waals surface area contributed by atoms with Crippen molar-refractivity contribution >= 4 is 26.0 Å². The highest BCUT2D eigenvalue weighted by Gasteiger charge is 2.21. The second kappa shape index (κ2) is 6.70. The van der Waals surface area contributed by atoms with Crippen LogP contribution >= 0.6 is 15.9 Å². The normalized spacial score (nSPS) is 11.8. The Morgan fingerprint density at radius 1 is 1.10 bits per heavy atom. The van der Waals surface area contributed by atoms with E-state index in [0.717, 1.165) is 10.0 Å². The summed E-state index contributed by atoms with van der Waals surface area (Å²) in [4.78, 5) is 0.189. The SMILES string of the molecule is CN(Cc1ccc(Br)cc1)S(=O)(=O)c1cccc(CO)c1. The summed E-state index contributed by atoms with van der Waals surface area (Å²) in [5.74, 6) is 0. The number of aliphatic hydroxyl groups is 1. The molecule has 0 aliphatic heterocycles. The molecule has 1 N–H and O–H groups in total. The summed E-state index contributed by atoms with van der Waals surface area (Å²) in [7, 11) is -2.02. The summed E-state index contributed by atoms with van der Waals surface area (Å²) in [6.07, 6.45) is 0. The van der Waals surface area contributed by atoms with E-state index in [1.807, 2.05) is 24.3 Å². The zero-order valence-electron chi connectivity index (χ0n) is 11.5. The van der Waals surface area contributed by atoms with Gasteiger partial charge in [-0.25, -0.2) is 8.42 Å². The van der Waals surface area contributed by atoms with Crippen LogP contribution in [0.2, 0.25) is 0 Å². The first kappa shape index (κ1) is 16.2. The van der Waals surface area contributed by atoms with Gasteiger partial charge in [-0.1, -0.05) is 40.2 Å². The van der Waals surface area contributed by atoms with E-state index < -0.39 is 10.0 Å². The molecule has 2 rings (SSSR count). The molecule has 2 aromatic carbocycles. The van der Waals surface area contributed by atoms with Crippen molar-refractivity contribution in [3.63, 3.8) is 0 Å². The van der Waals surface area contributed by atoms with Crippen LogP contribution in [0.5, 0.6) is 0 Å². The fourth-order valence-electron chi connectivity index (χ4n) is 1.92. The average Bonchev–Trinajstić information content (AvgIpc) is 2.49. The van der Waals surface area contributed by atoms with Gasteiger partial charge >= 0.3 is 0 Å². The quantitative estimate of drug-likeness (QED) is 0.881. The molecule has 0 aromatic heterocycles. The van der Waals surface area contributed by atoms with Crippen LogP contribution in [0.1, 0.15) is 11.1 Å². The summed E-state index contributed by atoms with van der Waals surface area (Å²) >= 11 is 3.35. The first-order valence-electron chi connectivity index (χ1n) is 6.34. The lowest BCUT2D eigenvalue weighted by atomic mass is 10.2. The lowest BCUT2D eigenvalue weighted by Crippen LogP contribution is -2.26.